The standard InChI is InChI=1S/C16H22BrNO2/c1-3-9-18-14(8-5-10-19-2)15-11-12-6-4-7-13(17)16(12)20-15/h4,6-7,11,14,18H,3,5,8-10H2,1-2H3. The Morgan fingerprint density at radius 2 is 2.25 bits per heavy atom. The number of fused-ring (bicyclic) bond motifs is 1. The summed E-state index contributed by atoms with van der Waals surface area (Å²) in [5.74, 6) is 1.01. The Bertz CT molecular complexity index is 538. The average Bonchev–Trinajstić information content (AvgIpc) is 2.88. The van der Waals surface area contributed by atoms with Gasteiger partial charge in [-0.2, -0.15) is 0 Å². The van der Waals surface area contributed by atoms with Gasteiger partial charge in [0.25, 0.3) is 0 Å². The highest BCUT2D eigenvalue weighted by molar-refractivity contribution is 9.10. The lowest BCUT2D eigenvalue weighted by molar-refractivity contribution is 0.187. The molecule has 0 radical (unpaired) electrons. The van der Waals surface area contributed by atoms with Gasteiger partial charge < -0.3 is 14.5 Å². The minimum atomic E-state index is 0.254. The minimum absolute atomic E-state index is 0.254. The predicted molar refractivity (Wildman–Crippen MR) is 86.1 cm³/mol. The Morgan fingerprint density at radius 3 is 2.95 bits per heavy atom. The molecule has 0 amide bonds. The van der Waals surface area contributed by atoms with Gasteiger partial charge in [0.1, 0.15) is 11.3 Å². The Kier molecular flexibility index (Phi) is 6.07. The van der Waals surface area contributed by atoms with Crippen LogP contribution in [0.4, 0.5) is 0 Å². The first-order valence-corrected chi connectivity index (χ1v) is 7.95. The second-order valence-corrected chi connectivity index (χ2v) is 5.80. The Balaban J connectivity index is 2.18. The number of benzene rings is 1. The third-order valence-electron chi connectivity index (χ3n) is 3.34. The van der Waals surface area contributed by atoms with Gasteiger partial charge in [0.15, 0.2) is 0 Å². The molecule has 20 heavy (non-hydrogen) atoms. The van der Waals surface area contributed by atoms with Crippen molar-refractivity contribution in [2.45, 2.75) is 32.2 Å². The summed E-state index contributed by atoms with van der Waals surface area (Å²) in [5.41, 5.74) is 0.928. The number of nitrogens with one attached hydrogen (secondary N) is 1. The van der Waals surface area contributed by atoms with Gasteiger partial charge in [-0.05, 0) is 53.9 Å². The zero-order chi connectivity index (χ0) is 14.4. The van der Waals surface area contributed by atoms with Crippen molar-refractivity contribution >= 4 is 26.9 Å². The van der Waals surface area contributed by atoms with Crippen LogP contribution >= 0.6 is 15.9 Å². The quantitative estimate of drug-likeness (QED) is 0.710. The highest BCUT2D eigenvalue weighted by atomic mass is 79.9. The summed E-state index contributed by atoms with van der Waals surface area (Å²) in [6.07, 6.45) is 3.16. The van der Waals surface area contributed by atoms with E-state index in [2.05, 4.69) is 40.3 Å². The van der Waals surface area contributed by atoms with Crippen molar-refractivity contribution < 1.29 is 9.15 Å². The predicted octanol–water partition coefficient (Wildman–Crippen LogP) is 4.66. The fraction of sp³-hybridized carbons (Fsp3) is 0.500. The van der Waals surface area contributed by atoms with Crippen LogP contribution in [0.15, 0.2) is 33.2 Å². The zero-order valence-corrected chi connectivity index (χ0v) is 13.7. The summed E-state index contributed by atoms with van der Waals surface area (Å²) in [4.78, 5) is 0. The highest BCUT2D eigenvalue weighted by Gasteiger charge is 2.16. The summed E-state index contributed by atoms with van der Waals surface area (Å²) in [7, 11) is 1.74. The van der Waals surface area contributed by atoms with E-state index in [0.29, 0.717) is 0 Å². The fourth-order valence-electron chi connectivity index (χ4n) is 2.31. The molecule has 110 valence electrons. The summed E-state index contributed by atoms with van der Waals surface area (Å²) in [5, 5.41) is 4.70. The van der Waals surface area contributed by atoms with Gasteiger partial charge in [-0.3, -0.25) is 0 Å². The van der Waals surface area contributed by atoms with Crippen molar-refractivity contribution in [3.63, 3.8) is 0 Å². The Hall–Kier alpha value is -0.840. The molecule has 0 saturated heterocycles. The topological polar surface area (TPSA) is 34.4 Å². The minimum Gasteiger partial charge on any atom is -0.458 e. The number of furan rings is 1. The van der Waals surface area contributed by atoms with Crippen molar-refractivity contribution in [3.8, 4) is 0 Å². The molecule has 0 saturated carbocycles. The molecule has 2 aromatic rings. The van der Waals surface area contributed by atoms with Gasteiger partial charge in [0.2, 0.25) is 0 Å². The molecule has 0 fully saturated rings. The first-order chi connectivity index (χ1) is 9.76. The van der Waals surface area contributed by atoms with Gasteiger partial charge in [-0.15, -0.1) is 0 Å². The largest absolute Gasteiger partial charge is 0.458 e. The first kappa shape index (κ1) is 15.5. The molecule has 2 rings (SSSR count). The molecule has 0 aliphatic heterocycles. The lowest BCUT2D eigenvalue weighted by Crippen LogP contribution is -2.22. The van der Waals surface area contributed by atoms with E-state index in [0.717, 1.165) is 53.6 Å². The molecule has 1 N–H and O–H groups in total. The summed E-state index contributed by atoms with van der Waals surface area (Å²) in [6, 6.07) is 8.52. The third-order valence-corrected chi connectivity index (χ3v) is 3.97. The molecule has 0 bridgehead atoms. The monoisotopic (exact) mass is 339 g/mol. The SMILES string of the molecule is CCCNC(CCCOC)c1cc2cccc(Br)c2o1. The average molecular weight is 340 g/mol. The molecule has 0 aliphatic carbocycles. The lowest BCUT2D eigenvalue weighted by Gasteiger charge is -2.15. The summed E-state index contributed by atoms with van der Waals surface area (Å²) >= 11 is 3.54. The van der Waals surface area contributed by atoms with Crippen LogP contribution in [0.1, 0.15) is 38.0 Å². The van der Waals surface area contributed by atoms with Crippen molar-refractivity contribution in [1.29, 1.82) is 0 Å². The van der Waals surface area contributed by atoms with Gasteiger partial charge in [-0.25, -0.2) is 0 Å². The molecule has 4 heteroatoms. The van der Waals surface area contributed by atoms with Gasteiger partial charge in [0, 0.05) is 19.1 Å². The third kappa shape index (κ3) is 3.84. The van der Waals surface area contributed by atoms with Crippen LogP contribution < -0.4 is 5.32 Å². The van der Waals surface area contributed by atoms with E-state index < -0.39 is 0 Å². The maximum atomic E-state index is 6.04. The second-order valence-electron chi connectivity index (χ2n) is 4.95. The van der Waals surface area contributed by atoms with E-state index in [4.69, 9.17) is 9.15 Å². The molecule has 1 heterocycles. The molecule has 1 atom stereocenters. The molecule has 0 aliphatic rings. The normalized spacial score (nSPS) is 12.9. The first-order valence-electron chi connectivity index (χ1n) is 7.16. The molecular formula is C16H22BrNO2. The van der Waals surface area contributed by atoms with Crippen LogP contribution in [-0.2, 0) is 4.74 Å². The summed E-state index contributed by atoms with van der Waals surface area (Å²) < 4.78 is 12.2. The van der Waals surface area contributed by atoms with Crippen molar-refractivity contribution in [2.75, 3.05) is 20.3 Å². The molecule has 3 nitrogen and oxygen atoms in total. The van der Waals surface area contributed by atoms with E-state index in [1.807, 2.05) is 12.1 Å². The fourth-order valence-corrected chi connectivity index (χ4v) is 2.78. The van der Waals surface area contributed by atoms with Crippen LogP contribution in [-0.4, -0.2) is 20.3 Å². The number of hydrogen-bond acceptors (Lipinski definition) is 3. The Labute approximate surface area is 128 Å². The van der Waals surface area contributed by atoms with Crippen LogP contribution in [0, 0.1) is 0 Å². The van der Waals surface area contributed by atoms with Gasteiger partial charge >= 0.3 is 0 Å². The molecule has 1 aromatic carbocycles. The van der Waals surface area contributed by atoms with Crippen molar-refractivity contribution in [3.05, 3.63) is 34.5 Å². The number of hydrogen-bond donors (Lipinski definition) is 1. The van der Waals surface area contributed by atoms with Gasteiger partial charge in [-0.1, -0.05) is 19.1 Å². The Morgan fingerprint density at radius 1 is 1.40 bits per heavy atom. The maximum absolute atomic E-state index is 6.04. The van der Waals surface area contributed by atoms with Crippen molar-refractivity contribution in [1.82, 2.24) is 5.32 Å². The van der Waals surface area contributed by atoms with Gasteiger partial charge in [0.05, 0.1) is 10.5 Å². The second kappa shape index (κ2) is 7.81. The van der Waals surface area contributed by atoms with Crippen LogP contribution in [0.2, 0.25) is 0 Å². The maximum Gasteiger partial charge on any atom is 0.148 e. The number of methoxy groups -OCH3 is 1. The smallest absolute Gasteiger partial charge is 0.148 e. The number of para-hydroxylation sites is 1. The molecule has 1 unspecified atom stereocenters. The molecule has 1 aromatic heterocycles. The lowest BCUT2D eigenvalue weighted by atomic mass is 10.1. The summed E-state index contributed by atoms with van der Waals surface area (Å²) in [6.45, 7) is 3.96. The van der Waals surface area contributed by atoms with E-state index in [9.17, 15) is 0 Å². The van der Waals surface area contributed by atoms with E-state index in [1.54, 1.807) is 7.11 Å². The van der Waals surface area contributed by atoms with Crippen LogP contribution in [0.25, 0.3) is 11.0 Å². The van der Waals surface area contributed by atoms with E-state index >= 15 is 0 Å². The highest BCUT2D eigenvalue weighted by Crippen LogP contribution is 2.31. The zero-order valence-electron chi connectivity index (χ0n) is 12.1. The van der Waals surface area contributed by atoms with E-state index in [-0.39, 0.29) is 6.04 Å². The van der Waals surface area contributed by atoms with Crippen LogP contribution in [0.5, 0.6) is 0 Å². The number of ether oxygens (including phenoxy) is 1. The number of halogens is 1. The molecule has 0 spiro atoms. The van der Waals surface area contributed by atoms with E-state index in [1.165, 1.54) is 0 Å². The van der Waals surface area contributed by atoms with Crippen molar-refractivity contribution in [2.24, 2.45) is 0 Å². The molecular weight excluding hydrogens is 318 g/mol. The van der Waals surface area contributed by atoms with Crippen LogP contribution in [0.3, 0.4) is 0 Å². The number of rotatable bonds is 8.